The molecular formula is C22H21F2N5O. The van der Waals surface area contributed by atoms with Gasteiger partial charge < -0.3 is 0 Å². The zero-order valence-corrected chi connectivity index (χ0v) is 16.2. The predicted octanol–water partition coefficient (Wildman–Crippen LogP) is 3.79. The first-order valence-electron chi connectivity index (χ1n) is 9.87. The van der Waals surface area contributed by atoms with Gasteiger partial charge in [-0.25, -0.2) is 13.8 Å². The second-order valence-corrected chi connectivity index (χ2v) is 7.26. The molecule has 1 saturated carbocycles. The zero-order valence-electron chi connectivity index (χ0n) is 16.2. The van der Waals surface area contributed by atoms with Gasteiger partial charge in [-0.2, -0.15) is 10.1 Å². The molecule has 0 radical (unpaired) electrons. The summed E-state index contributed by atoms with van der Waals surface area (Å²) in [5, 5.41) is 6.98. The summed E-state index contributed by atoms with van der Waals surface area (Å²) in [7, 11) is 0. The fourth-order valence-corrected chi connectivity index (χ4v) is 3.44. The van der Waals surface area contributed by atoms with Gasteiger partial charge >= 0.3 is 0 Å². The quantitative estimate of drug-likeness (QED) is 0.598. The summed E-state index contributed by atoms with van der Waals surface area (Å²) in [5.74, 6) is -0.394. The lowest BCUT2D eigenvalue weighted by atomic mass is 10.1. The molecule has 1 fully saturated rings. The molecule has 8 heteroatoms. The summed E-state index contributed by atoms with van der Waals surface area (Å²) in [5.41, 5.74) is 4.69. The van der Waals surface area contributed by atoms with Crippen LogP contribution < -0.4 is 10.7 Å². The minimum Gasteiger partial charge on any atom is -0.291 e. The molecule has 2 aliphatic rings. The lowest BCUT2D eigenvalue weighted by molar-refractivity contribution is 0.0976. The first-order chi connectivity index (χ1) is 14.6. The summed E-state index contributed by atoms with van der Waals surface area (Å²) in [4.78, 5) is 21.7. The number of guanidine groups is 1. The molecule has 6 nitrogen and oxygen atoms in total. The number of amidine groups is 1. The van der Waals surface area contributed by atoms with Gasteiger partial charge in [-0.3, -0.25) is 15.5 Å². The van der Waals surface area contributed by atoms with Crippen molar-refractivity contribution in [2.24, 2.45) is 15.1 Å². The number of carbonyl (C=O) groups is 1. The van der Waals surface area contributed by atoms with E-state index < -0.39 is 11.7 Å². The third-order valence-electron chi connectivity index (χ3n) is 5.03. The first kappa shape index (κ1) is 19.9. The van der Waals surface area contributed by atoms with Gasteiger partial charge in [0.15, 0.2) is 0 Å². The standard InChI is InChI=1S/C22H21F2N5O/c23-16-9-5-14(6-10-16)19-13-20(29-28-19)26-22(25-18-3-1-2-4-18)27-21(30)15-7-11-17(24)12-8-15/h5-12,18H,1-4,13H2,(H2,25,26,27,29,30). The Hall–Kier alpha value is -3.42. The van der Waals surface area contributed by atoms with E-state index in [0.717, 1.165) is 37.0 Å². The molecule has 0 bridgehead atoms. The molecule has 2 N–H and O–H groups in total. The van der Waals surface area contributed by atoms with Crippen molar-refractivity contribution in [3.63, 3.8) is 0 Å². The van der Waals surface area contributed by atoms with Crippen molar-refractivity contribution in [1.82, 2.24) is 10.7 Å². The lowest BCUT2D eigenvalue weighted by Crippen LogP contribution is -2.32. The Kier molecular flexibility index (Phi) is 5.92. The predicted molar refractivity (Wildman–Crippen MR) is 112 cm³/mol. The van der Waals surface area contributed by atoms with E-state index in [4.69, 9.17) is 0 Å². The summed E-state index contributed by atoms with van der Waals surface area (Å²) >= 11 is 0. The molecule has 0 spiro atoms. The van der Waals surface area contributed by atoms with Crippen LogP contribution in [0.15, 0.2) is 63.6 Å². The fourth-order valence-electron chi connectivity index (χ4n) is 3.44. The van der Waals surface area contributed by atoms with E-state index >= 15 is 0 Å². The maximum absolute atomic E-state index is 13.1. The van der Waals surface area contributed by atoms with Gasteiger partial charge in [-0.05, 0) is 54.8 Å². The Balaban J connectivity index is 1.51. The number of benzene rings is 2. The van der Waals surface area contributed by atoms with Crippen LogP contribution in [0.25, 0.3) is 0 Å². The average Bonchev–Trinajstić information content (AvgIpc) is 3.41. The van der Waals surface area contributed by atoms with Gasteiger partial charge in [-0.15, -0.1) is 0 Å². The van der Waals surface area contributed by atoms with Gasteiger partial charge in [-0.1, -0.05) is 25.0 Å². The van der Waals surface area contributed by atoms with Crippen molar-refractivity contribution in [2.75, 3.05) is 0 Å². The van der Waals surface area contributed by atoms with Crippen molar-refractivity contribution < 1.29 is 13.6 Å². The number of halogens is 2. The van der Waals surface area contributed by atoms with Gasteiger partial charge in [0.1, 0.15) is 17.5 Å². The van der Waals surface area contributed by atoms with Crippen molar-refractivity contribution in [2.45, 2.75) is 38.1 Å². The Morgan fingerprint density at radius 1 is 1.00 bits per heavy atom. The number of amides is 1. The van der Waals surface area contributed by atoms with Crippen LogP contribution in [-0.4, -0.2) is 29.5 Å². The summed E-state index contributed by atoms with van der Waals surface area (Å²) in [6.07, 6.45) is 4.50. The van der Waals surface area contributed by atoms with Crippen molar-refractivity contribution in [3.05, 3.63) is 71.3 Å². The number of hydrazone groups is 1. The molecule has 1 amide bonds. The van der Waals surface area contributed by atoms with Gasteiger partial charge in [0, 0.05) is 5.56 Å². The Labute approximate surface area is 172 Å². The fraction of sp³-hybridized carbons (Fsp3) is 0.273. The molecule has 0 unspecified atom stereocenters. The summed E-state index contributed by atoms with van der Waals surface area (Å²) in [6.45, 7) is 0. The minimum absolute atomic E-state index is 0.108. The van der Waals surface area contributed by atoms with Gasteiger partial charge in [0.25, 0.3) is 5.91 Å². The summed E-state index contributed by atoms with van der Waals surface area (Å²) < 4.78 is 26.3. The molecule has 4 rings (SSSR count). The molecule has 1 aliphatic heterocycles. The van der Waals surface area contributed by atoms with E-state index in [1.807, 2.05) is 0 Å². The van der Waals surface area contributed by atoms with E-state index in [2.05, 4.69) is 25.8 Å². The van der Waals surface area contributed by atoms with E-state index in [1.54, 1.807) is 12.1 Å². The highest BCUT2D eigenvalue weighted by molar-refractivity contribution is 6.18. The smallest absolute Gasteiger partial charge is 0.258 e. The van der Waals surface area contributed by atoms with Crippen molar-refractivity contribution in [1.29, 1.82) is 0 Å². The number of nitrogens with zero attached hydrogens (tertiary/aromatic N) is 3. The van der Waals surface area contributed by atoms with E-state index in [-0.39, 0.29) is 17.8 Å². The zero-order chi connectivity index (χ0) is 20.9. The topological polar surface area (TPSA) is 78.2 Å². The van der Waals surface area contributed by atoms with Crippen molar-refractivity contribution in [3.8, 4) is 0 Å². The lowest BCUT2D eigenvalue weighted by Gasteiger charge is -2.09. The molecule has 2 aromatic carbocycles. The van der Waals surface area contributed by atoms with E-state index in [0.29, 0.717) is 17.8 Å². The number of aliphatic imine (C=N–C) groups is 2. The van der Waals surface area contributed by atoms with Crippen LogP contribution in [0.1, 0.15) is 48.0 Å². The molecular weight excluding hydrogens is 388 g/mol. The van der Waals surface area contributed by atoms with Crippen LogP contribution in [0, 0.1) is 11.6 Å². The molecule has 0 aromatic heterocycles. The Morgan fingerprint density at radius 2 is 1.63 bits per heavy atom. The van der Waals surface area contributed by atoms with Crippen LogP contribution >= 0.6 is 0 Å². The highest BCUT2D eigenvalue weighted by Gasteiger charge is 2.19. The number of hydrogen-bond acceptors (Lipinski definition) is 3. The second kappa shape index (κ2) is 8.94. The maximum Gasteiger partial charge on any atom is 0.258 e. The van der Waals surface area contributed by atoms with Crippen molar-refractivity contribution >= 4 is 23.4 Å². The van der Waals surface area contributed by atoms with E-state index in [1.165, 1.54) is 36.4 Å². The third kappa shape index (κ3) is 4.94. The molecule has 1 heterocycles. The monoisotopic (exact) mass is 409 g/mol. The molecule has 1 aliphatic carbocycles. The number of rotatable bonds is 3. The second-order valence-electron chi connectivity index (χ2n) is 7.26. The first-order valence-corrected chi connectivity index (χ1v) is 9.87. The Bertz CT molecular complexity index is 1010. The summed E-state index contributed by atoms with van der Waals surface area (Å²) in [6, 6.07) is 11.5. The molecule has 2 aromatic rings. The number of nitrogens with one attached hydrogen (secondary N) is 2. The van der Waals surface area contributed by atoms with Gasteiger partial charge in [0.2, 0.25) is 5.96 Å². The molecule has 154 valence electrons. The number of carbonyl (C=O) groups excluding carboxylic acids is 1. The number of hydrogen-bond donors (Lipinski definition) is 2. The molecule has 0 atom stereocenters. The molecule has 0 saturated heterocycles. The van der Waals surface area contributed by atoms with Gasteiger partial charge in [0.05, 0.1) is 18.2 Å². The minimum atomic E-state index is -0.410. The van der Waals surface area contributed by atoms with Crippen LogP contribution in [0.5, 0.6) is 0 Å². The SMILES string of the molecule is O=C(NC(N=C1CC(c2ccc(F)cc2)=NN1)=NC1CCCC1)c1ccc(F)cc1. The van der Waals surface area contributed by atoms with Crippen LogP contribution in [0.4, 0.5) is 8.78 Å². The van der Waals surface area contributed by atoms with Crippen LogP contribution in [0.2, 0.25) is 0 Å². The molecule has 30 heavy (non-hydrogen) atoms. The van der Waals surface area contributed by atoms with E-state index in [9.17, 15) is 13.6 Å². The maximum atomic E-state index is 13.1. The highest BCUT2D eigenvalue weighted by atomic mass is 19.1. The largest absolute Gasteiger partial charge is 0.291 e. The Morgan fingerprint density at radius 3 is 2.30 bits per heavy atom. The van der Waals surface area contributed by atoms with Crippen LogP contribution in [0.3, 0.4) is 0 Å². The third-order valence-corrected chi connectivity index (χ3v) is 5.03. The highest BCUT2D eigenvalue weighted by Crippen LogP contribution is 2.21. The van der Waals surface area contributed by atoms with Crippen LogP contribution in [-0.2, 0) is 0 Å². The normalized spacial score (nSPS) is 18.4. The average molecular weight is 409 g/mol.